The van der Waals surface area contributed by atoms with Gasteiger partial charge >= 0.3 is 12.4 Å². The minimum atomic E-state index is -5.40. The number of hydrogen-bond donors (Lipinski definition) is 1. The van der Waals surface area contributed by atoms with Crippen LogP contribution in [0, 0.1) is 13.8 Å². The van der Waals surface area contributed by atoms with Crippen LogP contribution in [0.25, 0.3) is 5.82 Å². The highest BCUT2D eigenvalue weighted by Gasteiger charge is 2.65. The molecule has 27 heavy (non-hydrogen) atoms. The summed E-state index contributed by atoms with van der Waals surface area (Å²) < 4.78 is 80.1. The standard InChI is InChI=1S/C15H13F6N5O/c1-8-6-9(2)25(23-8)11-4-3-5-12(22-11)26-13(27,15(19,20)21)7-10(24-26)14(16,17)18/h3-6,27H,7H2,1-2H3. The van der Waals surface area contributed by atoms with E-state index in [1.54, 1.807) is 19.9 Å². The molecular formula is C15H13F6N5O. The number of hydrazone groups is 1. The fourth-order valence-electron chi connectivity index (χ4n) is 2.67. The summed E-state index contributed by atoms with van der Waals surface area (Å²) in [5.41, 5.74) is -4.38. The topological polar surface area (TPSA) is 66.5 Å². The van der Waals surface area contributed by atoms with Crippen molar-refractivity contribution < 1.29 is 31.4 Å². The number of nitrogens with zero attached hydrogens (tertiary/aromatic N) is 5. The highest BCUT2D eigenvalue weighted by molar-refractivity contribution is 5.93. The first kappa shape index (κ1) is 19.1. The van der Waals surface area contributed by atoms with Gasteiger partial charge in [0, 0.05) is 5.69 Å². The Hall–Kier alpha value is -2.63. The molecule has 0 bridgehead atoms. The van der Waals surface area contributed by atoms with Crippen molar-refractivity contribution in [2.45, 2.75) is 38.3 Å². The zero-order chi connectivity index (χ0) is 20.2. The minimum absolute atomic E-state index is 0.0679. The Labute approximate surface area is 148 Å². The van der Waals surface area contributed by atoms with Crippen LogP contribution in [0.15, 0.2) is 29.4 Å². The maximum Gasteiger partial charge on any atom is 0.438 e. The van der Waals surface area contributed by atoms with E-state index in [1.165, 1.54) is 16.8 Å². The van der Waals surface area contributed by atoms with Crippen LogP contribution in [-0.2, 0) is 0 Å². The number of hydrogen-bond acceptors (Lipinski definition) is 5. The molecule has 1 unspecified atom stereocenters. The first-order valence-electron chi connectivity index (χ1n) is 7.57. The maximum atomic E-state index is 13.4. The number of pyridine rings is 1. The van der Waals surface area contributed by atoms with Crippen molar-refractivity contribution in [2.75, 3.05) is 5.01 Å². The Morgan fingerprint density at radius 2 is 1.70 bits per heavy atom. The summed E-state index contributed by atoms with van der Waals surface area (Å²) in [6.07, 6.45) is -12.3. The van der Waals surface area contributed by atoms with Gasteiger partial charge in [0.05, 0.1) is 12.1 Å². The van der Waals surface area contributed by atoms with Crippen LogP contribution in [0.2, 0.25) is 0 Å². The summed E-state index contributed by atoms with van der Waals surface area (Å²) in [5, 5.41) is 17.0. The molecule has 2 aromatic rings. The molecule has 0 aliphatic carbocycles. The molecule has 0 radical (unpaired) electrons. The van der Waals surface area contributed by atoms with Gasteiger partial charge in [0.25, 0.3) is 5.72 Å². The largest absolute Gasteiger partial charge is 0.438 e. The Bertz CT molecular complexity index is 903. The first-order chi connectivity index (χ1) is 12.3. The van der Waals surface area contributed by atoms with Gasteiger partial charge in [0.2, 0.25) is 0 Å². The van der Waals surface area contributed by atoms with Gasteiger partial charge in [-0.25, -0.2) is 14.7 Å². The number of halogens is 6. The van der Waals surface area contributed by atoms with E-state index in [9.17, 15) is 31.4 Å². The Kier molecular flexibility index (Phi) is 4.21. The van der Waals surface area contributed by atoms with E-state index in [-0.39, 0.29) is 10.8 Å². The minimum Gasteiger partial charge on any atom is -0.362 e. The second-order valence-electron chi connectivity index (χ2n) is 6.04. The monoisotopic (exact) mass is 393 g/mol. The summed E-state index contributed by atoms with van der Waals surface area (Å²) in [7, 11) is 0. The van der Waals surface area contributed by atoms with E-state index in [0.29, 0.717) is 11.4 Å². The molecule has 3 heterocycles. The second kappa shape index (κ2) is 5.94. The smallest absolute Gasteiger partial charge is 0.362 e. The number of rotatable bonds is 2. The molecule has 1 aliphatic rings. The summed E-state index contributed by atoms with van der Waals surface area (Å²) in [4.78, 5) is 3.92. The van der Waals surface area contributed by atoms with E-state index in [4.69, 9.17) is 0 Å². The molecule has 0 fully saturated rings. The van der Waals surface area contributed by atoms with Crippen LogP contribution in [-0.4, -0.2) is 43.7 Å². The lowest BCUT2D eigenvalue weighted by Gasteiger charge is -2.33. The molecular weight excluding hydrogens is 380 g/mol. The van der Waals surface area contributed by atoms with E-state index < -0.39 is 36.0 Å². The molecule has 1 N–H and O–H groups in total. The predicted octanol–water partition coefficient (Wildman–Crippen LogP) is 3.26. The summed E-state index contributed by atoms with van der Waals surface area (Å²) in [5.74, 6) is -0.530. The van der Waals surface area contributed by atoms with Crippen LogP contribution >= 0.6 is 0 Å². The molecule has 3 rings (SSSR count). The second-order valence-corrected chi connectivity index (χ2v) is 6.04. The number of aryl methyl sites for hydroxylation is 2. The van der Waals surface area contributed by atoms with Crippen LogP contribution in [0.1, 0.15) is 17.8 Å². The molecule has 1 aliphatic heterocycles. The number of alkyl halides is 6. The molecule has 0 saturated carbocycles. The number of aromatic nitrogens is 3. The quantitative estimate of drug-likeness (QED) is 0.796. The highest BCUT2D eigenvalue weighted by atomic mass is 19.4. The van der Waals surface area contributed by atoms with Gasteiger partial charge in [-0.05, 0) is 32.0 Å². The molecule has 12 heteroatoms. The molecule has 0 amide bonds. The van der Waals surface area contributed by atoms with Gasteiger partial charge in [0.1, 0.15) is 5.71 Å². The highest BCUT2D eigenvalue weighted by Crippen LogP contribution is 2.44. The summed E-state index contributed by atoms with van der Waals surface area (Å²) in [6.45, 7) is 3.37. The lowest BCUT2D eigenvalue weighted by molar-refractivity contribution is -0.255. The van der Waals surface area contributed by atoms with Crippen LogP contribution in [0.5, 0.6) is 0 Å². The van der Waals surface area contributed by atoms with E-state index in [1.807, 2.05) is 0 Å². The van der Waals surface area contributed by atoms with Crippen LogP contribution in [0.4, 0.5) is 32.2 Å². The number of anilines is 1. The van der Waals surface area contributed by atoms with E-state index >= 15 is 0 Å². The van der Waals surface area contributed by atoms with Crippen molar-refractivity contribution >= 4 is 11.5 Å². The third-order valence-electron chi connectivity index (χ3n) is 3.93. The van der Waals surface area contributed by atoms with Crippen molar-refractivity contribution in [1.29, 1.82) is 0 Å². The van der Waals surface area contributed by atoms with Gasteiger partial charge in [-0.1, -0.05) is 6.07 Å². The molecule has 0 aromatic carbocycles. The van der Waals surface area contributed by atoms with Crippen molar-refractivity contribution in [3.8, 4) is 5.82 Å². The molecule has 1 atom stereocenters. The Balaban J connectivity index is 2.11. The third-order valence-corrected chi connectivity index (χ3v) is 3.93. The lowest BCUT2D eigenvalue weighted by atomic mass is 10.1. The molecule has 0 spiro atoms. The fraction of sp³-hybridized carbons (Fsp3) is 0.400. The predicted molar refractivity (Wildman–Crippen MR) is 82.4 cm³/mol. The van der Waals surface area contributed by atoms with E-state index in [2.05, 4.69) is 15.2 Å². The average Bonchev–Trinajstić information content (AvgIpc) is 3.07. The van der Waals surface area contributed by atoms with Crippen LogP contribution in [0.3, 0.4) is 0 Å². The maximum absolute atomic E-state index is 13.4. The van der Waals surface area contributed by atoms with Gasteiger partial charge in [-0.3, -0.25) is 0 Å². The average molecular weight is 393 g/mol. The summed E-state index contributed by atoms with van der Waals surface area (Å²) in [6, 6.07) is 5.41. The van der Waals surface area contributed by atoms with Crippen molar-refractivity contribution in [3.63, 3.8) is 0 Å². The molecule has 0 saturated heterocycles. The third kappa shape index (κ3) is 3.24. The van der Waals surface area contributed by atoms with Crippen molar-refractivity contribution in [1.82, 2.24) is 14.8 Å². The van der Waals surface area contributed by atoms with Gasteiger partial charge in [0.15, 0.2) is 11.6 Å². The Morgan fingerprint density at radius 3 is 2.22 bits per heavy atom. The number of aliphatic hydroxyl groups is 1. The van der Waals surface area contributed by atoms with Crippen molar-refractivity contribution in [2.24, 2.45) is 5.10 Å². The normalized spacial score (nSPS) is 20.9. The van der Waals surface area contributed by atoms with Gasteiger partial charge in [-0.2, -0.15) is 36.5 Å². The van der Waals surface area contributed by atoms with Gasteiger partial charge < -0.3 is 5.11 Å². The van der Waals surface area contributed by atoms with E-state index in [0.717, 1.165) is 6.07 Å². The molecule has 146 valence electrons. The summed E-state index contributed by atoms with van der Waals surface area (Å²) >= 11 is 0. The van der Waals surface area contributed by atoms with Gasteiger partial charge in [-0.15, -0.1) is 0 Å². The lowest BCUT2D eigenvalue weighted by Crippen LogP contribution is -2.55. The molecule has 2 aromatic heterocycles. The zero-order valence-electron chi connectivity index (χ0n) is 14.0. The SMILES string of the molecule is Cc1cc(C)n(-c2cccc(N3N=C(C(F)(F)F)CC3(O)C(F)(F)F)n2)n1. The fourth-order valence-corrected chi connectivity index (χ4v) is 2.67. The first-order valence-corrected chi connectivity index (χ1v) is 7.57. The van der Waals surface area contributed by atoms with Crippen LogP contribution < -0.4 is 5.01 Å². The zero-order valence-corrected chi connectivity index (χ0v) is 14.0. The molecule has 6 nitrogen and oxygen atoms in total. The Morgan fingerprint density at radius 1 is 1.07 bits per heavy atom. The van der Waals surface area contributed by atoms with Crippen molar-refractivity contribution in [3.05, 3.63) is 35.7 Å².